The Hall–Kier alpha value is -1.62. The number of nitrogens with zero attached hydrogens (tertiary/aromatic N) is 3. The van der Waals surface area contributed by atoms with Crippen molar-refractivity contribution in [2.75, 3.05) is 6.54 Å². The van der Waals surface area contributed by atoms with Gasteiger partial charge >= 0.3 is 6.01 Å². The molecule has 0 saturated carbocycles. The molecule has 2 heterocycles. The monoisotopic (exact) mass is 248 g/mol. The summed E-state index contributed by atoms with van der Waals surface area (Å²) in [5.41, 5.74) is 1.94. The van der Waals surface area contributed by atoms with Crippen LogP contribution in [0.5, 0.6) is 0 Å². The van der Waals surface area contributed by atoms with Crippen molar-refractivity contribution in [1.29, 1.82) is 0 Å². The van der Waals surface area contributed by atoms with Crippen molar-refractivity contribution >= 4 is 0 Å². The number of hydrogen-bond donors (Lipinski definition) is 1. The summed E-state index contributed by atoms with van der Waals surface area (Å²) in [6.07, 6.45) is 4.67. The van der Waals surface area contributed by atoms with Gasteiger partial charge in [-0.25, -0.2) is 0 Å². The molecule has 0 aliphatic rings. The van der Waals surface area contributed by atoms with Crippen LogP contribution in [0, 0.1) is 0 Å². The second-order valence-electron chi connectivity index (χ2n) is 4.64. The fourth-order valence-corrected chi connectivity index (χ4v) is 1.63. The molecule has 0 spiro atoms. The average Bonchev–Trinajstić information content (AvgIpc) is 2.97. The Kier molecular flexibility index (Phi) is 4.15. The molecular weight excluding hydrogens is 228 g/mol. The Bertz CT molecular complexity index is 487. The highest BCUT2D eigenvalue weighted by molar-refractivity contribution is 5.13. The van der Waals surface area contributed by atoms with Gasteiger partial charge in [0, 0.05) is 12.7 Å². The summed E-state index contributed by atoms with van der Waals surface area (Å²) < 4.78 is 7.10. The molecule has 0 saturated heterocycles. The van der Waals surface area contributed by atoms with Gasteiger partial charge in [0.1, 0.15) is 6.26 Å². The van der Waals surface area contributed by atoms with E-state index in [0.717, 1.165) is 30.9 Å². The summed E-state index contributed by atoms with van der Waals surface area (Å²) in [6.45, 7) is 8.08. The van der Waals surface area contributed by atoms with Gasteiger partial charge in [-0.05, 0) is 24.9 Å². The molecule has 0 fully saturated rings. The molecule has 0 radical (unpaired) electrons. The highest BCUT2D eigenvalue weighted by Crippen LogP contribution is 2.13. The number of nitrogens with one attached hydrogen (secondary N) is 1. The lowest BCUT2D eigenvalue weighted by atomic mass is 10.1. The predicted molar refractivity (Wildman–Crippen MR) is 69.7 cm³/mol. The van der Waals surface area contributed by atoms with Gasteiger partial charge in [-0.1, -0.05) is 20.8 Å². The van der Waals surface area contributed by atoms with E-state index in [1.807, 2.05) is 12.3 Å². The molecule has 0 unspecified atom stereocenters. The molecule has 1 N–H and O–H groups in total. The van der Waals surface area contributed by atoms with E-state index < -0.39 is 0 Å². The topological polar surface area (TPSA) is 55.9 Å². The molecular formula is C13H20N4O. The third-order valence-electron chi connectivity index (χ3n) is 2.67. The zero-order valence-electron chi connectivity index (χ0n) is 11.2. The Morgan fingerprint density at radius 3 is 2.94 bits per heavy atom. The molecule has 0 atom stereocenters. The summed E-state index contributed by atoms with van der Waals surface area (Å²) in [7, 11) is 0. The first kappa shape index (κ1) is 12.8. The van der Waals surface area contributed by atoms with E-state index in [-0.39, 0.29) is 0 Å². The quantitative estimate of drug-likeness (QED) is 0.798. The van der Waals surface area contributed by atoms with Gasteiger partial charge in [0.15, 0.2) is 0 Å². The highest BCUT2D eigenvalue weighted by atomic mass is 16.4. The van der Waals surface area contributed by atoms with Crippen LogP contribution < -0.4 is 5.32 Å². The zero-order chi connectivity index (χ0) is 13.0. The van der Waals surface area contributed by atoms with E-state index in [1.165, 1.54) is 0 Å². The molecule has 0 amide bonds. The smallest absolute Gasteiger partial charge is 0.322 e. The predicted octanol–water partition coefficient (Wildman–Crippen LogP) is 2.48. The molecule has 0 aromatic carbocycles. The lowest BCUT2D eigenvalue weighted by Gasteiger charge is -1.98. The number of aromatic nitrogens is 3. The average molecular weight is 248 g/mol. The lowest BCUT2D eigenvalue weighted by Crippen LogP contribution is -2.14. The normalized spacial score (nSPS) is 11.3. The van der Waals surface area contributed by atoms with Crippen LogP contribution in [0.3, 0.4) is 0 Å². The maximum atomic E-state index is 5.42. The van der Waals surface area contributed by atoms with E-state index in [0.29, 0.717) is 11.9 Å². The first-order chi connectivity index (χ1) is 8.70. The van der Waals surface area contributed by atoms with Crippen LogP contribution in [0.4, 0.5) is 0 Å². The molecule has 2 aromatic rings. The van der Waals surface area contributed by atoms with Crippen LogP contribution in [0.2, 0.25) is 0 Å². The van der Waals surface area contributed by atoms with Crippen molar-refractivity contribution in [3.8, 4) is 6.01 Å². The summed E-state index contributed by atoms with van der Waals surface area (Å²) in [6, 6.07) is 2.51. The molecule has 18 heavy (non-hydrogen) atoms. The maximum Gasteiger partial charge on any atom is 0.322 e. The number of hydrogen-bond acceptors (Lipinski definition) is 4. The number of rotatable bonds is 6. The van der Waals surface area contributed by atoms with Gasteiger partial charge in [0.2, 0.25) is 0 Å². The SMILES string of the molecule is CCCNCc1coc(-n2ccc(C(C)C)n2)n1. The lowest BCUT2D eigenvalue weighted by molar-refractivity contribution is 0.506. The Labute approximate surface area is 107 Å². The van der Waals surface area contributed by atoms with Crippen LogP contribution in [0.1, 0.15) is 44.5 Å². The minimum absolute atomic E-state index is 0.409. The molecule has 5 nitrogen and oxygen atoms in total. The summed E-state index contributed by atoms with van der Waals surface area (Å²) >= 11 is 0. The fourth-order valence-electron chi connectivity index (χ4n) is 1.63. The molecule has 5 heteroatoms. The Morgan fingerprint density at radius 1 is 1.44 bits per heavy atom. The molecule has 0 aliphatic heterocycles. The minimum atomic E-state index is 0.409. The van der Waals surface area contributed by atoms with E-state index in [4.69, 9.17) is 4.42 Å². The van der Waals surface area contributed by atoms with Gasteiger partial charge in [-0.15, -0.1) is 0 Å². The van der Waals surface area contributed by atoms with Gasteiger partial charge in [-0.2, -0.15) is 14.8 Å². The van der Waals surface area contributed by atoms with Crippen LogP contribution in [0.15, 0.2) is 22.9 Å². The second-order valence-corrected chi connectivity index (χ2v) is 4.64. The van der Waals surface area contributed by atoms with Crippen molar-refractivity contribution in [1.82, 2.24) is 20.1 Å². The molecule has 0 bridgehead atoms. The third-order valence-corrected chi connectivity index (χ3v) is 2.67. The van der Waals surface area contributed by atoms with Crippen LogP contribution in [-0.2, 0) is 6.54 Å². The Balaban J connectivity index is 2.04. The summed E-state index contributed by atoms with van der Waals surface area (Å²) in [5, 5.41) is 7.72. The van der Waals surface area contributed by atoms with Crippen LogP contribution in [0.25, 0.3) is 6.01 Å². The van der Waals surface area contributed by atoms with Crippen molar-refractivity contribution in [2.24, 2.45) is 0 Å². The molecule has 0 aliphatic carbocycles. The van der Waals surface area contributed by atoms with E-state index in [2.05, 4.69) is 36.2 Å². The Morgan fingerprint density at radius 2 is 2.28 bits per heavy atom. The number of oxazole rings is 1. The van der Waals surface area contributed by atoms with Gasteiger partial charge in [-0.3, -0.25) is 0 Å². The van der Waals surface area contributed by atoms with Gasteiger partial charge in [0.05, 0.1) is 11.4 Å². The summed E-state index contributed by atoms with van der Waals surface area (Å²) in [4.78, 5) is 4.40. The van der Waals surface area contributed by atoms with E-state index >= 15 is 0 Å². The van der Waals surface area contributed by atoms with E-state index in [1.54, 1.807) is 10.9 Å². The molecule has 98 valence electrons. The van der Waals surface area contributed by atoms with Crippen LogP contribution >= 0.6 is 0 Å². The van der Waals surface area contributed by atoms with Crippen molar-refractivity contribution < 1.29 is 4.42 Å². The molecule has 2 aromatic heterocycles. The molecule has 2 rings (SSSR count). The standard InChI is InChI=1S/C13H20N4O/c1-4-6-14-8-11-9-18-13(15-11)17-7-5-12(16-17)10(2)3/h5,7,9-10,14H,4,6,8H2,1-3H3. The highest BCUT2D eigenvalue weighted by Gasteiger charge is 2.09. The van der Waals surface area contributed by atoms with Crippen molar-refractivity contribution in [3.63, 3.8) is 0 Å². The first-order valence-corrected chi connectivity index (χ1v) is 6.41. The first-order valence-electron chi connectivity index (χ1n) is 6.41. The van der Waals surface area contributed by atoms with Gasteiger partial charge in [0.25, 0.3) is 0 Å². The largest absolute Gasteiger partial charge is 0.430 e. The van der Waals surface area contributed by atoms with Crippen molar-refractivity contribution in [2.45, 2.75) is 39.7 Å². The minimum Gasteiger partial charge on any atom is -0.430 e. The van der Waals surface area contributed by atoms with Gasteiger partial charge < -0.3 is 9.73 Å². The fraction of sp³-hybridized carbons (Fsp3) is 0.538. The third kappa shape index (κ3) is 2.98. The van der Waals surface area contributed by atoms with E-state index in [9.17, 15) is 0 Å². The summed E-state index contributed by atoms with van der Waals surface area (Å²) in [5.74, 6) is 0.409. The van der Waals surface area contributed by atoms with Crippen LogP contribution in [-0.4, -0.2) is 21.3 Å². The zero-order valence-corrected chi connectivity index (χ0v) is 11.2. The maximum absolute atomic E-state index is 5.42. The second kappa shape index (κ2) is 5.82. The van der Waals surface area contributed by atoms with Crippen molar-refractivity contribution in [3.05, 3.63) is 29.9 Å².